The van der Waals surface area contributed by atoms with Crippen LogP contribution in [0.25, 0.3) is 0 Å². The molecule has 0 radical (unpaired) electrons. The highest BCUT2D eigenvalue weighted by Gasteiger charge is 2.05. The van der Waals surface area contributed by atoms with Gasteiger partial charge >= 0.3 is 5.97 Å². The molecule has 0 aliphatic rings. The van der Waals surface area contributed by atoms with Gasteiger partial charge in [-0.3, -0.25) is 4.79 Å². The van der Waals surface area contributed by atoms with Gasteiger partial charge in [-0.15, -0.1) is 0 Å². The Hall–Kier alpha value is -0.790. The second-order valence-electron chi connectivity index (χ2n) is 2.78. The highest BCUT2D eigenvalue weighted by atomic mass is 16.5. The van der Waals surface area contributed by atoms with E-state index in [0.29, 0.717) is 6.61 Å². The molecule has 16 heavy (non-hydrogen) atoms. The summed E-state index contributed by atoms with van der Waals surface area (Å²) in [6.45, 7) is 19.6. The zero-order valence-corrected chi connectivity index (χ0v) is 12.6. The van der Waals surface area contributed by atoms with Gasteiger partial charge in [0.2, 0.25) is 0 Å². The van der Waals surface area contributed by atoms with Crippen LogP contribution in [-0.2, 0) is 9.53 Å². The Morgan fingerprint density at radius 2 is 1.50 bits per heavy atom. The van der Waals surface area contributed by atoms with E-state index in [0.717, 1.165) is 0 Å². The van der Waals surface area contributed by atoms with E-state index in [9.17, 15) is 4.79 Å². The summed E-state index contributed by atoms with van der Waals surface area (Å²) in [6, 6.07) is 0. The van der Waals surface area contributed by atoms with Gasteiger partial charge < -0.3 is 4.74 Å². The lowest BCUT2D eigenvalue weighted by atomic mass is 10.2. The van der Waals surface area contributed by atoms with E-state index in [1.165, 1.54) is 6.42 Å². The Morgan fingerprint density at radius 1 is 1.19 bits per heavy atom. The normalized spacial score (nSPS) is 7.06. The highest BCUT2D eigenvalue weighted by Crippen LogP contribution is 1.94. The van der Waals surface area contributed by atoms with Crippen LogP contribution in [0.4, 0.5) is 0 Å². The summed E-state index contributed by atoms with van der Waals surface area (Å²) >= 11 is 0. The van der Waals surface area contributed by atoms with Crippen molar-refractivity contribution in [1.82, 2.24) is 0 Å². The molecule has 2 heteroatoms. The summed E-state index contributed by atoms with van der Waals surface area (Å²) in [4.78, 5) is 10.6. The number of ether oxygens (including phenoxy) is 1. The van der Waals surface area contributed by atoms with Crippen molar-refractivity contribution in [2.24, 2.45) is 5.92 Å². The van der Waals surface area contributed by atoms with Crippen LogP contribution >= 0.6 is 0 Å². The monoisotopic (exact) mass is 232 g/mol. The molecule has 0 saturated carbocycles. The molecule has 0 atom stereocenters. The van der Waals surface area contributed by atoms with E-state index in [1.807, 2.05) is 27.7 Å². The molecule has 0 amide bonds. The summed E-state index contributed by atoms with van der Waals surface area (Å²) in [6.07, 6.45) is 2.81. The molecule has 0 N–H and O–H groups in total. The molecule has 0 spiro atoms. The quantitative estimate of drug-likeness (QED) is 0.514. The maximum absolute atomic E-state index is 10.6. The lowest BCUT2D eigenvalue weighted by molar-refractivity contribution is -0.146. The number of hydrogen-bond donors (Lipinski definition) is 0. The summed E-state index contributed by atoms with van der Waals surface area (Å²) in [5.41, 5.74) is 0. The summed E-state index contributed by atoms with van der Waals surface area (Å²) in [5, 5.41) is 0. The lowest BCUT2D eigenvalue weighted by Crippen LogP contribution is -2.11. The van der Waals surface area contributed by atoms with Crippen LogP contribution in [0.5, 0.6) is 0 Å². The Balaban J connectivity index is -0.0000000864. The smallest absolute Gasteiger partial charge is 0.308 e. The van der Waals surface area contributed by atoms with Crippen molar-refractivity contribution < 1.29 is 9.53 Å². The number of carbonyl (C=O) groups is 1. The van der Waals surface area contributed by atoms with Gasteiger partial charge in [-0.05, 0) is 0 Å². The SMILES string of the molecule is C=CCOC(=O)C(C)C.CC.CC.CCC. The van der Waals surface area contributed by atoms with Gasteiger partial charge in [0.1, 0.15) is 6.61 Å². The van der Waals surface area contributed by atoms with E-state index >= 15 is 0 Å². The Labute approximate surface area is 103 Å². The molecule has 0 heterocycles. The molecule has 0 bridgehead atoms. The maximum Gasteiger partial charge on any atom is 0.308 e. The molecule has 0 unspecified atom stereocenters. The number of esters is 1. The third kappa shape index (κ3) is 37.9. The summed E-state index contributed by atoms with van der Waals surface area (Å²) in [5.74, 6) is -0.208. The average Bonchev–Trinajstić information content (AvgIpc) is 2.32. The third-order valence-corrected chi connectivity index (χ3v) is 0.815. The molecule has 0 aliphatic carbocycles. The molecule has 0 fully saturated rings. The first-order valence-electron chi connectivity index (χ1n) is 6.37. The lowest BCUT2D eigenvalue weighted by Gasteiger charge is -2.02. The Kier molecular flexibility index (Phi) is 44.7. The summed E-state index contributed by atoms with van der Waals surface area (Å²) < 4.78 is 4.70. The molecule has 0 aromatic rings. The molecule has 0 aromatic heterocycles. The van der Waals surface area contributed by atoms with Gasteiger partial charge in [0, 0.05) is 0 Å². The van der Waals surface area contributed by atoms with E-state index in [4.69, 9.17) is 4.74 Å². The van der Waals surface area contributed by atoms with Gasteiger partial charge in [-0.1, -0.05) is 74.5 Å². The number of rotatable bonds is 3. The van der Waals surface area contributed by atoms with E-state index in [2.05, 4.69) is 20.4 Å². The van der Waals surface area contributed by atoms with Crippen molar-refractivity contribution >= 4 is 5.97 Å². The van der Waals surface area contributed by atoms with Crippen molar-refractivity contribution in [3.05, 3.63) is 12.7 Å². The van der Waals surface area contributed by atoms with Crippen LogP contribution < -0.4 is 0 Å². The molecule has 0 aromatic carbocycles. The zero-order chi connectivity index (χ0) is 14.0. The van der Waals surface area contributed by atoms with Crippen molar-refractivity contribution in [3.8, 4) is 0 Å². The van der Waals surface area contributed by atoms with Gasteiger partial charge in [0.25, 0.3) is 0 Å². The molecular weight excluding hydrogens is 200 g/mol. The van der Waals surface area contributed by atoms with E-state index in [-0.39, 0.29) is 11.9 Å². The van der Waals surface area contributed by atoms with E-state index in [1.54, 1.807) is 19.9 Å². The van der Waals surface area contributed by atoms with Crippen LogP contribution in [-0.4, -0.2) is 12.6 Å². The molecular formula is C14H32O2. The minimum absolute atomic E-state index is 0.0371. The second-order valence-corrected chi connectivity index (χ2v) is 2.78. The molecule has 2 nitrogen and oxygen atoms in total. The summed E-state index contributed by atoms with van der Waals surface area (Å²) in [7, 11) is 0. The van der Waals surface area contributed by atoms with Crippen LogP contribution in [0.1, 0.15) is 61.8 Å². The Morgan fingerprint density at radius 3 is 1.69 bits per heavy atom. The first-order chi connectivity index (χ1) is 7.59. The highest BCUT2D eigenvalue weighted by molar-refractivity contribution is 5.71. The minimum atomic E-state index is -0.171. The van der Waals surface area contributed by atoms with Crippen molar-refractivity contribution in [3.63, 3.8) is 0 Å². The Bertz CT molecular complexity index is 118. The van der Waals surface area contributed by atoms with Gasteiger partial charge in [0.15, 0.2) is 0 Å². The fourth-order valence-corrected chi connectivity index (χ4v) is 0.308. The first kappa shape index (κ1) is 24.4. The third-order valence-electron chi connectivity index (χ3n) is 0.815. The van der Waals surface area contributed by atoms with Crippen LogP contribution in [0.2, 0.25) is 0 Å². The molecule has 0 aliphatic heterocycles. The topological polar surface area (TPSA) is 26.3 Å². The molecule has 100 valence electrons. The first-order valence-corrected chi connectivity index (χ1v) is 6.37. The average molecular weight is 232 g/mol. The largest absolute Gasteiger partial charge is 0.461 e. The van der Waals surface area contributed by atoms with Gasteiger partial charge in [-0.2, -0.15) is 0 Å². The molecule has 0 rings (SSSR count). The predicted molar refractivity (Wildman–Crippen MR) is 74.7 cm³/mol. The standard InChI is InChI=1S/C7H12O2.C3H8.2C2H6/c1-4-5-9-7(8)6(2)3;1-3-2;2*1-2/h4,6H,1,5H2,2-3H3;3H2,1-2H3;2*1-2H3. The number of hydrogen-bond acceptors (Lipinski definition) is 2. The van der Waals surface area contributed by atoms with Gasteiger partial charge in [0.05, 0.1) is 5.92 Å². The fourth-order valence-electron chi connectivity index (χ4n) is 0.308. The van der Waals surface area contributed by atoms with Crippen molar-refractivity contribution in [2.45, 2.75) is 61.8 Å². The van der Waals surface area contributed by atoms with E-state index < -0.39 is 0 Å². The minimum Gasteiger partial charge on any atom is -0.461 e. The van der Waals surface area contributed by atoms with Gasteiger partial charge in [-0.25, -0.2) is 0 Å². The van der Waals surface area contributed by atoms with Crippen molar-refractivity contribution in [1.29, 1.82) is 0 Å². The van der Waals surface area contributed by atoms with Crippen LogP contribution in [0, 0.1) is 5.92 Å². The fraction of sp³-hybridized carbons (Fsp3) is 0.786. The second kappa shape index (κ2) is 29.2. The number of carbonyl (C=O) groups excluding carboxylic acids is 1. The molecule has 0 saturated heterocycles. The van der Waals surface area contributed by atoms with Crippen molar-refractivity contribution in [2.75, 3.05) is 6.61 Å². The maximum atomic E-state index is 10.6. The predicted octanol–water partition coefficient (Wildman–Crippen LogP) is 4.84. The van der Waals surface area contributed by atoms with Crippen LogP contribution in [0.15, 0.2) is 12.7 Å². The van der Waals surface area contributed by atoms with Crippen LogP contribution in [0.3, 0.4) is 0 Å². The zero-order valence-electron chi connectivity index (χ0n) is 12.6.